The molecule has 1 aromatic heterocycles. The van der Waals surface area contributed by atoms with E-state index in [9.17, 15) is 22.8 Å². The predicted molar refractivity (Wildman–Crippen MR) is 105 cm³/mol. The summed E-state index contributed by atoms with van der Waals surface area (Å²) in [6.07, 6.45) is 0.547. The quantitative estimate of drug-likeness (QED) is 0.575. The van der Waals surface area contributed by atoms with E-state index in [0.29, 0.717) is 15.2 Å². The molecule has 3 aromatic rings. The Morgan fingerprint density at radius 2 is 1.70 bits per heavy atom. The fourth-order valence-electron chi connectivity index (χ4n) is 2.49. The van der Waals surface area contributed by atoms with E-state index < -0.39 is 23.9 Å². The van der Waals surface area contributed by atoms with Crippen LogP contribution >= 0.6 is 30.8 Å². The first-order valence-corrected chi connectivity index (χ1v) is 11.4. The molecule has 11 heteroatoms. The normalized spacial score (nSPS) is 12.3. The Morgan fingerprint density at radius 3 is 2.33 bits per heavy atom. The lowest BCUT2D eigenvalue weighted by Crippen LogP contribution is -2.32. The van der Waals surface area contributed by atoms with E-state index >= 15 is 0 Å². The van der Waals surface area contributed by atoms with Crippen LogP contribution in [0.1, 0.15) is 0 Å². The third-order valence-corrected chi connectivity index (χ3v) is 6.64. The average Bonchev–Trinajstić information content (AvgIpc) is 2.57. The first-order chi connectivity index (χ1) is 12.6. The Morgan fingerprint density at radius 1 is 1.04 bits per heavy atom. The van der Waals surface area contributed by atoms with Crippen LogP contribution in [0.25, 0.3) is 10.9 Å². The van der Waals surface area contributed by atoms with Crippen molar-refractivity contribution in [3.63, 3.8) is 0 Å². The summed E-state index contributed by atoms with van der Waals surface area (Å²) in [4.78, 5) is 22.7. The zero-order valence-electron chi connectivity index (χ0n) is 13.5. The van der Waals surface area contributed by atoms with Crippen molar-refractivity contribution in [1.82, 2.24) is 4.98 Å². The van der Waals surface area contributed by atoms with Gasteiger partial charge in [-0.15, -0.1) is 0 Å². The van der Waals surface area contributed by atoms with Crippen molar-refractivity contribution in [1.29, 1.82) is 0 Å². The van der Waals surface area contributed by atoms with E-state index in [0.717, 1.165) is 12.1 Å². The van der Waals surface area contributed by atoms with Crippen molar-refractivity contribution in [2.45, 2.75) is 4.90 Å². The molecular formula is C16H13Cl2N2O5PS. The van der Waals surface area contributed by atoms with E-state index in [2.05, 4.69) is 4.98 Å². The molecular weight excluding hydrogens is 434 g/mol. The van der Waals surface area contributed by atoms with Gasteiger partial charge in [-0.25, -0.2) is 8.42 Å². The molecule has 0 aliphatic heterocycles. The van der Waals surface area contributed by atoms with Gasteiger partial charge in [0, 0.05) is 21.6 Å². The summed E-state index contributed by atoms with van der Waals surface area (Å²) in [7, 11) is -9.07. The maximum atomic E-state index is 13.1. The monoisotopic (exact) mass is 446 g/mol. The lowest BCUT2D eigenvalue weighted by atomic mass is 10.2. The van der Waals surface area contributed by atoms with Crippen LogP contribution in [0.4, 0.5) is 5.69 Å². The molecule has 2 N–H and O–H groups in total. The van der Waals surface area contributed by atoms with E-state index in [-0.39, 0.29) is 20.6 Å². The molecule has 0 saturated carbocycles. The van der Waals surface area contributed by atoms with Crippen molar-refractivity contribution in [2.24, 2.45) is 0 Å². The minimum Gasteiger partial charge on any atom is -0.323 e. The molecule has 142 valence electrons. The van der Waals surface area contributed by atoms with E-state index in [1.54, 1.807) is 24.4 Å². The highest BCUT2D eigenvalue weighted by molar-refractivity contribution is 7.93. The number of halogens is 2. The number of pyridine rings is 1. The molecule has 1 heterocycles. The number of anilines is 1. The van der Waals surface area contributed by atoms with Crippen LogP contribution in [0.5, 0.6) is 0 Å². The minimum atomic E-state index is -4.72. The Kier molecular flexibility index (Phi) is 5.49. The fourth-order valence-corrected chi connectivity index (χ4v) is 5.90. The predicted octanol–water partition coefficient (Wildman–Crippen LogP) is 3.87. The van der Waals surface area contributed by atoms with Crippen LogP contribution in [-0.2, 0) is 14.6 Å². The molecule has 3 rings (SSSR count). The highest BCUT2D eigenvalue weighted by Crippen LogP contribution is 2.40. The Bertz CT molecular complexity index is 1150. The van der Waals surface area contributed by atoms with Gasteiger partial charge < -0.3 is 9.79 Å². The van der Waals surface area contributed by atoms with E-state index in [4.69, 9.17) is 23.2 Å². The van der Waals surface area contributed by atoms with Crippen LogP contribution in [0.2, 0.25) is 10.0 Å². The largest absolute Gasteiger partial charge is 0.345 e. The van der Waals surface area contributed by atoms with Crippen LogP contribution in [0.3, 0.4) is 0 Å². The number of aromatic nitrogens is 1. The van der Waals surface area contributed by atoms with E-state index in [1.807, 2.05) is 0 Å². The minimum absolute atomic E-state index is 0.0786. The van der Waals surface area contributed by atoms with Gasteiger partial charge in [0.2, 0.25) is 0 Å². The fraction of sp³-hybridized carbons (Fsp3) is 0.0625. The van der Waals surface area contributed by atoms with Crippen LogP contribution in [0.15, 0.2) is 59.6 Å². The summed E-state index contributed by atoms with van der Waals surface area (Å²) >= 11 is 11.8. The van der Waals surface area contributed by atoms with Crippen LogP contribution in [0, 0.1) is 0 Å². The number of sulfonamides is 1. The first-order valence-electron chi connectivity index (χ1n) is 7.44. The third kappa shape index (κ3) is 4.60. The van der Waals surface area contributed by atoms with Crippen LogP contribution in [-0.4, -0.2) is 29.5 Å². The number of benzene rings is 2. The highest BCUT2D eigenvalue weighted by Gasteiger charge is 2.31. The second-order valence-corrected chi connectivity index (χ2v) is 9.99. The Balaban J connectivity index is 2.19. The Hall–Kier alpha value is -1.67. The van der Waals surface area contributed by atoms with Gasteiger partial charge in [-0.3, -0.25) is 13.9 Å². The molecule has 0 aliphatic carbocycles. The van der Waals surface area contributed by atoms with Gasteiger partial charge >= 0.3 is 7.60 Å². The van der Waals surface area contributed by atoms with Crippen molar-refractivity contribution in [2.75, 3.05) is 10.6 Å². The molecule has 0 unspecified atom stereocenters. The van der Waals surface area contributed by atoms with Crippen LogP contribution < -0.4 is 4.31 Å². The van der Waals surface area contributed by atoms with Gasteiger partial charge in [-0.2, -0.15) is 0 Å². The molecule has 0 aliphatic rings. The lowest BCUT2D eigenvalue weighted by molar-refractivity contribution is 0.373. The summed E-state index contributed by atoms with van der Waals surface area (Å²) in [5, 5.41) is 0.782. The van der Waals surface area contributed by atoms with Crippen molar-refractivity contribution >= 4 is 57.4 Å². The smallest absolute Gasteiger partial charge is 0.323 e. The van der Waals surface area contributed by atoms with Crippen molar-refractivity contribution in [3.05, 3.63) is 64.8 Å². The van der Waals surface area contributed by atoms with Gasteiger partial charge in [0.1, 0.15) is 6.29 Å². The summed E-state index contributed by atoms with van der Waals surface area (Å²) in [6.45, 7) is 0. The van der Waals surface area contributed by atoms with Gasteiger partial charge in [-0.05, 0) is 42.5 Å². The zero-order valence-corrected chi connectivity index (χ0v) is 16.8. The van der Waals surface area contributed by atoms with Gasteiger partial charge in [0.15, 0.2) is 0 Å². The van der Waals surface area contributed by atoms with Gasteiger partial charge in [0.05, 0.1) is 16.1 Å². The summed E-state index contributed by atoms with van der Waals surface area (Å²) in [6, 6.07) is 11.6. The zero-order chi connectivity index (χ0) is 19.8. The number of hydrogen-bond acceptors (Lipinski definition) is 4. The molecule has 27 heavy (non-hydrogen) atoms. The Labute approximate surface area is 165 Å². The summed E-state index contributed by atoms with van der Waals surface area (Å²) < 4.78 is 38.5. The molecule has 0 saturated heterocycles. The SMILES string of the molecule is O=P(O)(O)CN(c1ccc2ncccc2c1)S(=O)(=O)c1cc(Cl)cc(Cl)c1. The molecule has 7 nitrogen and oxygen atoms in total. The summed E-state index contributed by atoms with van der Waals surface area (Å²) in [5.41, 5.74) is 0.690. The molecule has 0 spiro atoms. The second-order valence-electron chi connectivity index (χ2n) is 5.65. The highest BCUT2D eigenvalue weighted by atomic mass is 35.5. The lowest BCUT2D eigenvalue weighted by Gasteiger charge is -2.25. The van der Waals surface area contributed by atoms with Gasteiger partial charge in [0.25, 0.3) is 10.0 Å². The maximum Gasteiger partial charge on any atom is 0.345 e. The summed E-state index contributed by atoms with van der Waals surface area (Å²) in [5.74, 6) is 0. The molecule has 0 bridgehead atoms. The number of rotatable bonds is 5. The van der Waals surface area contributed by atoms with Crippen molar-refractivity contribution in [3.8, 4) is 0 Å². The molecule has 0 atom stereocenters. The average molecular weight is 447 g/mol. The topological polar surface area (TPSA) is 108 Å². The molecule has 0 amide bonds. The maximum absolute atomic E-state index is 13.1. The molecule has 0 radical (unpaired) electrons. The molecule has 2 aromatic carbocycles. The molecule has 0 fully saturated rings. The number of nitrogens with zero attached hydrogens (tertiary/aromatic N) is 2. The number of hydrogen-bond donors (Lipinski definition) is 2. The standard InChI is InChI=1S/C16H13Cl2N2O5PS/c17-12-7-13(18)9-15(8-12)27(24,25)20(10-26(21,22)23)14-3-4-16-11(6-14)2-1-5-19-16/h1-9H,10H2,(H2,21,22,23). The first kappa shape index (κ1) is 20.1. The number of fused-ring (bicyclic) bond motifs is 1. The van der Waals surface area contributed by atoms with E-state index in [1.165, 1.54) is 18.2 Å². The van der Waals surface area contributed by atoms with Gasteiger partial charge in [-0.1, -0.05) is 29.3 Å². The van der Waals surface area contributed by atoms with Crippen molar-refractivity contribution < 1.29 is 22.8 Å². The third-order valence-electron chi connectivity index (χ3n) is 3.61. The second kappa shape index (κ2) is 7.39.